The standard InChI is InChI=1S/C26H20FN7O2/c1-26(15-3-2-4-17(35)12-15)20-21(28)31-22(32-23(20)33-25(26)36)19-13-34-10-9-29-24(34)18(30-19)11-14-5-7-16(27)8-6-14/h2-10,12-13,35H,11H2,1H3,(H3,28,31,32,33,36)/t26-/m1/s1. The van der Waals surface area contributed by atoms with Gasteiger partial charge in [0, 0.05) is 25.0 Å². The molecule has 4 heterocycles. The van der Waals surface area contributed by atoms with Crippen molar-refractivity contribution < 1.29 is 14.3 Å². The summed E-state index contributed by atoms with van der Waals surface area (Å²) in [4.78, 5) is 31.4. The zero-order valence-electron chi connectivity index (χ0n) is 19.1. The molecule has 1 atom stereocenters. The van der Waals surface area contributed by atoms with E-state index in [4.69, 9.17) is 10.7 Å². The van der Waals surface area contributed by atoms with Crippen LogP contribution in [0.2, 0.25) is 0 Å². The number of halogens is 1. The van der Waals surface area contributed by atoms with Gasteiger partial charge in [0.1, 0.15) is 34.3 Å². The molecule has 1 aliphatic rings. The monoisotopic (exact) mass is 481 g/mol. The smallest absolute Gasteiger partial charge is 0.240 e. The molecule has 0 spiro atoms. The van der Waals surface area contributed by atoms with E-state index in [0.29, 0.717) is 40.4 Å². The fourth-order valence-corrected chi connectivity index (χ4v) is 4.63. The quantitative estimate of drug-likeness (QED) is 0.358. The molecule has 6 rings (SSSR count). The Morgan fingerprint density at radius 1 is 1.14 bits per heavy atom. The van der Waals surface area contributed by atoms with Gasteiger partial charge in [-0.2, -0.15) is 0 Å². The molecule has 0 aliphatic carbocycles. The van der Waals surface area contributed by atoms with Crippen molar-refractivity contribution in [2.24, 2.45) is 0 Å². The van der Waals surface area contributed by atoms with E-state index < -0.39 is 5.41 Å². The van der Waals surface area contributed by atoms with E-state index in [1.165, 1.54) is 24.3 Å². The third-order valence-corrected chi connectivity index (χ3v) is 6.50. The second kappa shape index (κ2) is 7.84. The van der Waals surface area contributed by atoms with Gasteiger partial charge >= 0.3 is 0 Å². The molecular weight excluding hydrogens is 461 g/mol. The Balaban J connectivity index is 1.46. The summed E-state index contributed by atoms with van der Waals surface area (Å²) in [6.07, 6.45) is 5.60. The second-order valence-electron chi connectivity index (χ2n) is 8.82. The number of nitrogens with zero attached hydrogens (tertiary/aromatic N) is 5. The molecule has 1 aliphatic heterocycles. The van der Waals surface area contributed by atoms with Crippen LogP contribution in [0, 0.1) is 5.82 Å². The molecule has 2 aromatic carbocycles. The first kappa shape index (κ1) is 21.7. The molecule has 3 aromatic heterocycles. The van der Waals surface area contributed by atoms with Crippen molar-refractivity contribution in [3.05, 3.63) is 95.3 Å². The summed E-state index contributed by atoms with van der Waals surface area (Å²) in [6.45, 7) is 1.72. The van der Waals surface area contributed by atoms with Crippen LogP contribution in [0.4, 0.5) is 16.0 Å². The van der Waals surface area contributed by atoms with Gasteiger partial charge in [0.05, 0.1) is 11.3 Å². The minimum absolute atomic E-state index is 0.0394. The van der Waals surface area contributed by atoms with E-state index in [-0.39, 0.29) is 29.1 Å². The molecule has 0 bridgehead atoms. The predicted molar refractivity (Wildman–Crippen MR) is 131 cm³/mol. The lowest BCUT2D eigenvalue weighted by Crippen LogP contribution is -2.32. The number of hydrogen-bond donors (Lipinski definition) is 3. The highest BCUT2D eigenvalue weighted by Gasteiger charge is 2.47. The SMILES string of the molecule is C[C@]1(c2cccc(O)c2)C(=O)Nc2nc(-c3cn4ccnc4c(Cc4ccc(F)cc4)n3)nc(N)c21. The Kier molecular flexibility index (Phi) is 4.72. The Labute approximate surface area is 204 Å². The Morgan fingerprint density at radius 2 is 1.94 bits per heavy atom. The minimum Gasteiger partial charge on any atom is -0.508 e. The number of nitrogens with two attached hydrogens (primary N) is 1. The van der Waals surface area contributed by atoms with Gasteiger partial charge in [-0.15, -0.1) is 0 Å². The molecule has 0 unspecified atom stereocenters. The van der Waals surface area contributed by atoms with E-state index in [1.807, 2.05) is 4.40 Å². The molecule has 0 radical (unpaired) electrons. The fourth-order valence-electron chi connectivity index (χ4n) is 4.63. The number of phenolic OH excluding ortho intramolecular Hbond substituents is 1. The van der Waals surface area contributed by atoms with Crippen LogP contribution < -0.4 is 11.1 Å². The number of amides is 1. The van der Waals surface area contributed by atoms with Gasteiger partial charge in [-0.25, -0.2) is 24.3 Å². The molecule has 178 valence electrons. The van der Waals surface area contributed by atoms with Crippen LogP contribution in [0.5, 0.6) is 5.75 Å². The number of benzene rings is 2. The number of nitrogen functional groups attached to an aromatic ring is 1. The number of anilines is 2. The molecular formula is C26H20FN7O2. The topological polar surface area (TPSA) is 131 Å². The number of carbonyl (C=O) groups is 1. The van der Waals surface area contributed by atoms with Gasteiger partial charge in [0.25, 0.3) is 0 Å². The van der Waals surface area contributed by atoms with E-state index in [9.17, 15) is 14.3 Å². The normalized spacial score (nSPS) is 16.8. The summed E-state index contributed by atoms with van der Waals surface area (Å²) in [6, 6.07) is 12.7. The van der Waals surface area contributed by atoms with E-state index >= 15 is 0 Å². The summed E-state index contributed by atoms with van der Waals surface area (Å²) >= 11 is 0. The third kappa shape index (κ3) is 3.34. The van der Waals surface area contributed by atoms with E-state index in [0.717, 1.165) is 5.56 Å². The van der Waals surface area contributed by atoms with Crippen molar-refractivity contribution in [3.63, 3.8) is 0 Å². The lowest BCUT2D eigenvalue weighted by atomic mass is 9.77. The van der Waals surface area contributed by atoms with Crippen molar-refractivity contribution >= 4 is 23.2 Å². The summed E-state index contributed by atoms with van der Waals surface area (Å²) < 4.78 is 15.2. The van der Waals surface area contributed by atoms with Crippen LogP contribution in [-0.4, -0.2) is 35.4 Å². The van der Waals surface area contributed by atoms with E-state index in [2.05, 4.69) is 20.3 Å². The molecule has 4 N–H and O–H groups in total. The maximum Gasteiger partial charge on any atom is 0.240 e. The number of aromatic nitrogens is 5. The van der Waals surface area contributed by atoms with E-state index in [1.54, 1.807) is 49.8 Å². The summed E-state index contributed by atoms with van der Waals surface area (Å²) in [7, 11) is 0. The number of aromatic hydroxyl groups is 1. The average molecular weight is 481 g/mol. The molecule has 9 nitrogen and oxygen atoms in total. The maximum absolute atomic E-state index is 13.4. The minimum atomic E-state index is -1.17. The van der Waals surface area contributed by atoms with Crippen molar-refractivity contribution in [1.82, 2.24) is 24.3 Å². The molecule has 5 aromatic rings. The summed E-state index contributed by atoms with van der Waals surface area (Å²) in [5.74, 6) is 0.0671. The summed E-state index contributed by atoms with van der Waals surface area (Å²) in [5.41, 5.74) is 8.86. The van der Waals surface area contributed by atoms with Crippen LogP contribution in [0.25, 0.3) is 17.2 Å². The highest BCUT2D eigenvalue weighted by atomic mass is 19.1. The highest BCUT2D eigenvalue weighted by Crippen LogP contribution is 2.45. The Bertz CT molecular complexity index is 1670. The lowest BCUT2D eigenvalue weighted by molar-refractivity contribution is -0.119. The van der Waals surface area contributed by atoms with Gasteiger partial charge in [-0.3, -0.25) is 4.79 Å². The summed E-state index contributed by atoms with van der Waals surface area (Å²) in [5, 5.41) is 12.8. The van der Waals surface area contributed by atoms with Crippen LogP contribution in [-0.2, 0) is 16.6 Å². The third-order valence-electron chi connectivity index (χ3n) is 6.50. The maximum atomic E-state index is 13.4. The van der Waals surface area contributed by atoms with Gasteiger partial charge < -0.3 is 20.6 Å². The van der Waals surface area contributed by atoms with Crippen LogP contribution >= 0.6 is 0 Å². The number of rotatable bonds is 4. The van der Waals surface area contributed by atoms with Crippen LogP contribution in [0.3, 0.4) is 0 Å². The number of nitrogens with one attached hydrogen (secondary N) is 1. The van der Waals surface area contributed by atoms with Gasteiger partial charge in [0.2, 0.25) is 5.91 Å². The first-order valence-corrected chi connectivity index (χ1v) is 11.2. The molecule has 36 heavy (non-hydrogen) atoms. The van der Waals surface area contributed by atoms with Crippen molar-refractivity contribution in [2.75, 3.05) is 11.1 Å². The number of carbonyl (C=O) groups excluding carboxylic acids is 1. The first-order valence-electron chi connectivity index (χ1n) is 11.2. The van der Waals surface area contributed by atoms with Crippen molar-refractivity contribution in [2.45, 2.75) is 18.8 Å². The van der Waals surface area contributed by atoms with Crippen molar-refractivity contribution in [3.8, 4) is 17.3 Å². The number of imidazole rings is 1. The molecule has 1 amide bonds. The van der Waals surface area contributed by atoms with Gasteiger partial charge in [0.15, 0.2) is 11.5 Å². The number of phenols is 1. The van der Waals surface area contributed by atoms with Crippen molar-refractivity contribution in [1.29, 1.82) is 0 Å². The number of hydrogen-bond acceptors (Lipinski definition) is 7. The average Bonchev–Trinajstić information content (AvgIpc) is 3.43. The Morgan fingerprint density at radius 3 is 2.72 bits per heavy atom. The molecule has 0 saturated carbocycles. The number of fused-ring (bicyclic) bond motifs is 2. The second-order valence-corrected chi connectivity index (χ2v) is 8.82. The van der Waals surface area contributed by atoms with Crippen LogP contribution in [0.1, 0.15) is 29.3 Å². The zero-order chi connectivity index (χ0) is 25.0. The highest BCUT2D eigenvalue weighted by molar-refractivity contribution is 6.09. The zero-order valence-corrected chi connectivity index (χ0v) is 19.1. The largest absolute Gasteiger partial charge is 0.508 e. The fraction of sp³-hybridized carbons (Fsp3) is 0.115. The predicted octanol–water partition coefficient (Wildman–Crippen LogP) is 3.46. The lowest BCUT2D eigenvalue weighted by Gasteiger charge is -2.23. The van der Waals surface area contributed by atoms with Gasteiger partial charge in [-0.05, 0) is 42.3 Å². The Hall–Kier alpha value is -4.86. The van der Waals surface area contributed by atoms with Gasteiger partial charge in [-0.1, -0.05) is 24.3 Å². The first-order chi connectivity index (χ1) is 17.3. The molecule has 10 heteroatoms. The molecule has 0 fully saturated rings. The molecule has 0 saturated heterocycles. The van der Waals surface area contributed by atoms with Crippen LogP contribution in [0.15, 0.2) is 67.1 Å².